The summed E-state index contributed by atoms with van der Waals surface area (Å²) in [6.07, 6.45) is 3.73. The molecule has 3 nitrogen and oxygen atoms in total. The minimum Gasteiger partial charge on any atom is -0.485 e. The van der Waals surface area contributed by atoms with Crippen LogP contribution in [0, 0.1) is 6.92 Å². The van der Waals surface area contributed by atoms with Gasteiger partial charge in [-0.25, -0.2) is 4.98 Å². The fourth-order valence-corrected chi connectivity index (χ4v) is 1.80. The van der Waals surface area contributed by atoms with E-state index < -0.39 is 0 Å². The number of rotatable bonds is 4. The molecular formula is C13H15ClN2O. The van der Waals surface area contributed by atoms with Gasteiger partial charge < -0.3 is 9.30 Å². The van der Waals surface area contributed by atoms with Crippen LogP contribution in [0.5, 0.6) is 5.75 Å². The van der Waals surface area contributed by atoms with Gasteiger partial charge in [0.25, 0.3) is 0 Å². The maximum Gasteiger partial charge on any atom is 0.146 e. The van der Waals surface area contributed by atoms with E-state index >= 15 is 0 Å². The number of nitrogens with zero attached hydrogens (tertiary/aromatic N) is 2. The molecule has 4 heteroatoms. The normalized spacial score (nSPS) is 10.5. The highest BCUT2D eigenvalue weighted by Gasteiger charge is 2.04. The summed E-state index contributed by atoms with van der Waals surface area (Å²) in [5.74, 6) is 1.73. The van der Waals surface area contributed by atoms with Gasteiger partial charge in [-0.05, 0) is 31.5 Å². The predicted molar refractivity (Wildman–Crippen MR) is 68.4 cm³/mol. The third-order valence-electron chi connectivity index (χ3n) is 2.65. The average Bonchev–Trinajstić information content (AvgIpc) is 2.77. The van der Waals surface area contributed by atoms with E-state index in [0.29, 0.717) is 11.6 Å². The summed E-state index contributed by atoms with van der Waals surface area (Å²) >= 11 is 5.94. The van der Waals surface area contributed by atoms with Gasteiger partial charge in [-0.2, -0.15) is 0 Å². The van der Waals surface area contributed by atoms with Crippen molar-refractivity contribution in [1.29, 1.82) is 0 Å². The second-order valence-electron chi connectivity index (χ2n) is 3.83. The number of ether oxygens (including phenoxy) is 1. The largest absolute Gasteiger partial charge is 0.485 e. The summed E-state index contributed by atoms with van der Waals surface area (Å²) < 4.78 is 7.79. The highest BCUT2D eigenvalue weighted by atomic mass is 35.5. The van der Waals surface area contributed by atoms with Gasteiger partial charge in [-0.1, -0.05) is 17.7 Å². The van der Waals surface area contributed by atoms with Gasteiger partial charge in [-0.3, -0.25) is 0 Å². The molecule has 0 saturated carbocycles. The third-order valence-corrected chi connectivity index (χ3v) is 2.88. The van der Waals surface area contributed by atoms with Crippen molar-refractivity contribution in [2.45, 2.75) is 27.0 Å². The Morgan fingerprint density at radius 1 is 1.41 bits per heavy atom. The molecule has 0 N–H and O–H groups in total. The van der Waals surface area contributed by atoms with E-state index in [2.05, 4.69) is 16.5 Å². The van der Waals surface area contributed by atoms with Crippen molar-refractivity contribution in [3.63, 3.8) is 0 Å². The van der Waals surface area contributed by atoms with Crippen molar-refractivity contribution < 1.29 is 4.74 Å². The zero-order chi connectivity index (χ0) is 12.3. The van der Waals surface area contributed by atoms with Crippen molar-refractivity contribution in [3.05, 3.63) is 47.0 Å². The van der Waals surface area contributed by atoms with E-state index in [9.17, 15) is 0 Å². The Bertz CT molecular complexity index is 508. The lowest BCUT2D eigenvalue weighted by Crippen LogP contribution is -2.05. The minimum atomic E-state index is 0.460. The van der Waals surface area contributed by atoms with E-state index in [1.807, 2.05) is 31.3 Å². The number of benzene rings is 1. The number of halogens is 1. The molecule has 0 aliphatic heterocycles. The molecule has 0 fully saturated rings. The van der Waals surface area contributed by atoms with Crippen molar-refractivity contribution >= 4 is 11.6 Å². The highest BCUT2D eigenvalue weighted by molar-refractivity contribution is 6.30. The molecule has 0 spiro atoms. The molecule has 0 aliphatic rings. The van der Waals surface area contributed by atoms with Gasteiger partial charge >= 0.3 is 0 Å². The fourth-order valence-electron chi connectivity index (χ4n) is 1.64. The molecule has 2 rings (SSSR count). The summed E-state index contributed by atoms with van der Waals surface area (Å²) in [6.45, 7) is 5.43. The molecule has 1 aromatic heterocycles. The first-order valence-electron chi connectivity index (χ1n) is 5.59. The quantitative estimate of drug-likeness (QED) is 0.831. The number of aryl methyl sites for hydroxylation is 2. The molecule has 90 valence electrons. The van der Waals surface area contributed by atoms with Gasteiger partial charge in [0.15, 0.2) is 0 Å². The second-order valence-corrected chi connectivity index (χ2v) is 4.26. The first kappa shape index (κ1) is 12.0. The summed E-state index contributed by atoms with van der Waals surface area (Å²) in [4.78, 5) is 4.26. The van der Waals surface area contributed by atoms with E-state index in [4.69, 9.17) is 16.3 Å². The number of hydrogen-bond acceptors (Lipinski definition) is 2. The van der Waals surface area contributed by atoms with E-state index in [0.717, 1.165) is 23.7 Å². The van der Waals surface area contributed by atoms with Crippen molar-refractivity contribution in [3.8, 4) is 5.75 Å². The van der Waals surface area contributed by atoms with E-state index in [-0.39, 0.29) is 0 Å². The molecule has 0 atom stereocenters. The topological polar surface area (TPSA) is 27.1 Å². The molecule has 1 heterocycles. The molecule has 17 heavy (non-hydrogen) atoms. The van der Waals surface area contributed by atoms with Crippen molar-refractivity contribution in [2.75, 3.05) is 0 Å². The first-order chi connectivity index (χ1) is 8.20. The lowest BCUT2D eigenvalue weighted by Gasteiger charge is -2.10. The zero-order valence-corrected chi connectivity index (χ0v) is 10.7. The Morgan fingerprint density at radius 2 is 2.24 bits per heavy atom. The van der Waals surface area contributed by atoms with Crippen LogP contribution in [0.25, 0.3) is 0 Å². The standard InChI is InChI=1S/C13H15ClN2O/c1-3-16-7-6-15-13(16)9-17-12-8-11(14)5-4-10(12)2/h4-8H,3,9H2,1-2H3. The molecule has 2 aromatic rings. The summed E-state index contributed by atoms with van der Waals surface area (Å²) in [5, 5.41) is 0.685. The van der Waals surface area contributed by atoms with Gasteiger partial charge in [0, 0.05) is 24.0 Å². The van der Waals surface area contributed by atoms with E-state index in [1.54, 1.807) is 6.20 Å². The molecule has 0 amide bonds. The molecule has 0 aliphatic carbocycles. The summed E-state index contributed by atoms with van der Waals surface area (Å²) in [7, 11) is 0. The Hall–Kier alpha value is -1.48. The predicted octanol–water partition coefficient (Wildman–Crippen LogP) is 3.44. The molecule has 1 aromatic carbocycles. The lowest BCUT2D eigenvalue weighted by atomic mass is 10.2. The van der Waals surface area contributed by atoms with Crippen LogP contribution in [0.4, 0.5) is 0 Å². The Kier molecular flexibility index (Phi) is 3.69. The zero-order valence-electron chi connectivity index (χ0n) is 9.98. The van der Waals surface area contributed by atoms with Crippen molar-refractivity contribution in [2.24, 2.45) is 0 Å². The van der Waals surface area contributed by atoms with Gasteiger partial charge in [0.05, 0.1) is 0 Å². The van der Waals surface area contributed by atoms with Gasteiger partial charge in [-0.15, -0.1) is 0 Å². The van der Waals surface area contributed by atoms with Crippen LogP contribution in [-0.2, 0) is 13.2 Å². The number of hydrogen-bond donors (Lipinski definition) is 0. The van der Waals surface area contributed by atoms with Gasteiger partial charge in [0.2, 0.25) is 0 Å². The van der Waals surface area contributed by atoms with Crippen LogP contribution in [0.1, 0.15) is 18.3 Å². The van der Waals surface area contributed by atoms with Crippen LogP contribution >= 0.6 is 11.6 Å². The molecule has 0 saturated heterocycles. The Labute approximate surface area is 106 Å². The maximum atomic E-state index is 5.94. The number of imidazole rings is 1. The monoisotopic (exact) mass is 250 g/mol. The number of aromatic nitrogens is 2. The van der Waals surface area contributed by atoms with Crippen LogP contribution in [0.15, 0.2) is 30.6 Å². The average molecular weight is 251 g/mol. The third kappa shape index (κ3) is 2.80. The SMILES string of the molecule is CCn1ccnc1COc1cc(Cl)ccc1C. The molecule has 0 radical (unpaired) electrons. The minimum absolute atomic E-state index is 0.460. The Morgan fingerprint density at radius 3 is 3.00 bits per heavy atom. The van der Waals surface area contributed by atoms with Crippen molar-refractivity contribution in [1.82, 2.24) is 9.55 Å². The highest BCUT2D eigenvalue weighted by Crippen LogP contribution is 2.23. The molecule has 0 bridgehead atoms. The summed E-state index contributed by atoms with van der Waals surface area (Å²) in [5.41, 5.74) is 1.07. The molecule has 0 unspecified atom stereocenters. The first-order valence-corrected chi connectivity index (χ1v) is 5.97. The fraction of sp³-hybridized carbons (Fsp3) is 0.308. The Balaban J connectivity index is 2.09. The van der Waals surface area contributed by atoms with E-state index in [1.165, 1.54) is 0 Å². The maximum absolute atomic E-state index is 5.94. The second kappa shape index (κ2) is 5.23. The summed E-state index contributed by atoms with van der Waals surface area (Å²) in [6, 6.07) is 5.64. The van der Waals surface area contributed by atoms with Crippen LogP contribution < -0.4 is 4.74 Å². The van der Waals surface area contributed by atoms with Crippen LogP contribution in [0.2, 0.25) is 5.02 Å². The van der Waals surface area contributed by atoms with Crippen LogP contribution in [-0.4, -0.2) is 9.55 Å². The van der Waals surface area contributed by atoms with Crippen LogP contribution in [0.3, 0.4) is 0 Å². The smallest absolute Gasteiger partial charge is 0.146 e. The lowest BCUT2D eigenvalue weighted by molar-refractivity contribution is 0.288. The van der Waals surface area contributed by atoms with Gasteiger partial charge in [0.1, 0.15) is 18.2 Å². The molecular weight excluding hydrogens is 236 g/mol.